The third-order valence-electron chi connectivity index (χ3n) is 5.40. The molecule has 1 N–H and O–H groups in total. The number of allylic oxidation sites excluding steroid dienone is 3. The maximum atomic E-state index is 12.0. The van der Waals surface area contributed by atoms with E-state index < -0.39 is 5.97 Å². The van der Waals surface area contributed by atoms with Crippen LogP contribution in [0.2, 0.25) is 0 Å². The van der Waals surface area contributed by atoms with Crippen LogP contribution < -0.4 is 4.74 Å². The van der Waals surface area contributed by atoms with Crippen LogP contribution in [0.15, 0.2) is 66.2 Å². The minimum atomic E-state index is -0.505. The van der Waals surface area contributed by atoms with Crippen LogP contribution in [0.5, 0.6) is 5.75 Å². The van der Waals surface area contributed by atoms with E-state index >= 15 is 0 Å². The van der Waals surface area contributed by atoms with E-state index in [-0.39, 0.29) is 11.2 Å². The first kappa shape index (κ1) is 27.8. The fourth-order valence-corrected chi connectivity index (χ4v) is 3.63. The number of carbonyl (C=O) groups is 2. The first-order valence-electron chi connectivity index (χ1n) is 11.1. The number of esters is 1. The fraction of sp³-hybridized carbons (Fsp3) is 0.407. The molecule has 0 saturated heterocycles. The van der Waals surface area contributed by atoms with Crippen molar-refractivity contribution in [3.8, 4) is 5.75 Å². The monoisotopic (exact) mass is 456 g/mol. The lowest BCUT2D eigenvalue weighted by Crippen LogP contribution is -2.28. The molecule has 6 heteroatoms. The van der Waals surface area contributed by atoms with Crippen LogP contribution in [-0.2, 0) is 20.7 Å². The predicted molar refractivity (Wildman–Crippen MR) is 130 cm³/mol. The van der Waals surface area contributed by atoms with Crippen LogP contribution in [0.3, 0.4) is 0 Å². The number of ether oxygens (including phenoxy) is 3. The zero-order valence-electron chi connectivity index (χ0n) is 20.3. The van der Waals surface area contributed by atoms with Crippen molar-refractivity contribution in [3.05, 3.63) is 77.3 Å². The SMILES string of the molecule is C=C/C(=C\C=C\OC)COc1ccc(CC2(C)CCC(O)=C(C(=O)OC)C2)c(C=O)c1.CC. The van der Waals surface area contributed by atoms with Gasteiger partial charge >= 0.3 is 5.97 Å². The first-order valence-corrected chi connectivity index (χ1v) is 11.1. The van der Waals surface area contributed by atoms with Crippen molar-refractivity contribution in [1.82, 2.24) is 0 Å². The Bertz CT molecular complexity index is 909. The van der Waals surface area contributed by atoms with Gasteiger partial charge in [-0.3, -0.25) is 4.79 Å². The Labute approximate surface area is 197 Å². The van der Waals surface area contributed by atoms with Crippen LogP contribution in [0.4, 0.5) is 0 Å². The van der Waals surface area contributed by atoms with Gasteiger partial charge in [0.15, 0.2) is 0 Å². The Morgan fingerprint density at radius 3 is 2.61 bits per heavy atom. The topological polar surface area (TPSA) is 82.1 Å². The molecule has 0 amide bonds. The summed E-state index contributed by atoms with van der Waals surface area (Å²) in [5.41, 5.74) is 2.32. The number of hydrogen-bond acceptors (Lipinski definition) is 6. The molecule has 0 aliphatic heterocycles. The second-order valence-corrected chi connectivity index (χ2v) is 7.86. The van der Waals surface area contributed by atoms with Gasteiger partial charge in [-0.25, -0.2) is 4.79 Å². The number of hydrogen-bond donors (Lipinski definition) is 1. The van der Waals surface area contributed by atoms with E-state index in [1.165, 1.54) is 7.11 Å². The predicted octanol–water partition coefficient (Wildman–Crippen LogP) is 5.89. The van der Waals surface area contributed by atoms with E-state index in [9.17, 15) is 14.7 Å². The summed E-state index contributed by atoms with van der Waals surface area (Å²) in [4.78, 5) is 23.7. The van der Waals surface area contributed by atoms with Gasteiger partial charge in [0.25, 0.3) is 0 Å². The molecule has 0 aromatic heterocycles. The van der Waals surface area contributed by atoms with E-state index in [2.05, 4.69) is 13.5 Å². The minimum absolute atomic E-state index is 0.0927. The number of rotatable bonds is 10. The minimum Gasteiger partial charge on any atom is -0.512 e. The van der Waals surface area contributed by atoms with E-state index in [4.69, 9.17) is 14.2 Å². The van der Waals surface area contributed by atoms with Gasteiger partial charge in [0.2, 0.25) is 0 Å². The Balaban J connectivity index is 0.00000265. The number of carbonyl (C=O) groups excluding carboxylic acids is 2. The van der Waals surface area contributed by atoms with Gasteiger partial charge in [-0.1, -0.05) is 45.6 Å². The van der Waals surface area contributed by atoms with Crippen molar-refractivity contribution in [3.63, 3.8) is 0 Å². The van der Waals surface area contributed by atoms with Gasteiger partial charge < -0.3 is 19.3 Å². The number of aliphatic hydroxyl groups excluding tert-OH is 1. The largest absolute Gasteiger partial charge is 0.512 e. The Morgan fingerprint density at radius 2 is 2.00 bits per heavy atom. The lowest BCUT2D eigenvalue weighted by Gasteiger charge is -2.34. The molecule has 6 nitrogen and oxygen atoms in total. The summed E-state index contributed by atoms with van der Waals surface area (Å²) >= 11 is 0. The van der Waals surface area contributed by atoms with Crippen molar-refractivity contribution < 1.29 is 28.9 Å². The molecule has 2 rings (SSSR count). The zero-order valence-corrected chi connectivity index (χ0v) is 20.3. The highest BCUT2D eigenvalue weighted by atomic mass is 16.5. The first-order chi connectivity index (χ1) is 15.9. The molecule has 1 atom stereocenters. The van der Waals surface area contributed by atoms with Crippen LogP contribution >= 0.6 is 0 Å². The van der Waals surface area contributed by atoms with Gasteiger partial charge in [-0.05, 0) is 54.0 Å². The summed E-state index contributed by atoms with van der Waals surface area (Å²) in [5, 5.41) is 10.1. The molecule has 1 aliphatic carbocycles. The van der Waals surface area contributed by atoms with Gasteiger partial charge in [0.1, 0.15) is 24.4 Å². The smallest absolute Gasteiger partial charge is 0.337 e. The molecule has 1 aromatic rings. The maximum Gasteiger partial charge on any atom is 0.337 e. The molecule has 180 valence electrons. The van der Waals surface area contributed by atoms with Crippen LogP contribution in [0.1, 0.15) is 56.0 Å². The normalized spacial score (nSPS) is 18.3. The lowest BCUT2D eigenvalue weighted by atomic mass is 9.71. The molecule has 33 heavy (non-hydrogen) atoms. The molecule has 1 aromatic carbocycles. The number of methoxy groups -OCH3 is 2. The van der Waals surface area contributed by atoms with Crippen molar-refractivity contribution >= 4 is 12.3 Å². The summed E-state index contributed by atoms with van der Waals surface area (Å²) in [5.74, 6) is 0.167. The summed E-state index contributed by atoms with van der Waals surface area (Å²) in [7, 11) is 2.87. The van der Waals surface area contributed by atoms with Gasteiger partial charge in [-0.2, -0.15) is 0 Å². The van der Waals surface area contributed by atoms with Crippen LogP contribution in [0.25, 0.3) is 0 Å². The third-order valence-corrected chi connectivity index (χ3v) is 5.40. The van der Waals surface area contributed by atoms with Gasteiger partial charge in [-0.15, -0.1) is 0 Å². The highest BCUT2D eigenvalue weighted by Gasteiger charge is 2.35. The number of aliphatic hydroxyl groups is 1. The third kappa shape index (κ3) is 8.29. The summed E-state index contributed by atoms with van der Waals surface area (Å²) in [6.45, 7) is 10.1. The standard InChI is InChI=1S/C25H30O6.C2H6/c1-5-18(7-6-12-29-3)17-31-21-9-8-19(20(13-21)16-26)14-25(2)11-10-23(27)22(15-25)24(28)30-4;1-2/h5-9,12-13,16,27H,1,10-11,14-15,17H2,2-4H3;1-2H3/b12-6+,18-7+;. The van der Waals surface area contributed by atoms with Crippen molar-refractivity contribution in [1.29, 1.82) is 0 Å². The Morgan fingerprint density at radius 1 is 1.27 bits per heavy atom. The van der Waals surface area contributed by atoms with E-state index in [1.54, 1.807) is 31.6 Å². The summed E-state index contributed by atoms with van der Waals surface area (Å²) in [6.07, 6.45) is 9.74. The molecular weight excluding hydrogens is 420 g/mol. The number of aldehydes is 1. The zero-order chi connectivity index (χ0) is 24.9. The molecular formula is C27H36O6. The maximum absolute atomic E-state index is 12.0. The van der Waals surface area contributed by atoms with Crippen LogP contribution in [-0.4, -0.2) is 38.2 Å². The molecule has 0 bridgehead atoms. The second-order valence-electron chi connectivity index (χ2n) is 7.86. The van der Waals surface area contributed by atoms with E-state index in [0.717, 1.165) is 17.4 Å². The lowest BCUT2D eigenvalue weighted by molar-refractivity contribution is -0.137. The Hall–Kier alpha value is -3.28. The van der Waals surface area contributed by atoms with Gasteiger partial charge in [0.05, 0.1) is 26.1 Å². The molecule has 0 radical (unpaired) electrons. The molecule has 1 unspecified atom stereocenters. The summed E-state index contributed by atoms with van der Waals surface area (Å²) in [6, 6.07) is 5.42. The second kappa shape index (κ2) is 14.0. The fourth-order valence-electron chi connectivity index (χ4n) is 3.63. The molecule has 0 saturated carbocycles. The molecule has 0 heterocycles. The quantitative estimate of drug-likeness (QED) is 0.204. The Kier molecular flexibility index (Phi) is 11.8. The van der Waals surface area contributed by atoms with Crippen molar-refractivity contribution in [2.75, 3.05) is 20.8 Å². The molecule has 0 spiro atoms. The molecule has 1 aliphatic rings. The summed E-state index contributed by atoms with van der Waals surface area (Å²) < 4.78 is 15.5. The average Bonchev–Trinajstić information content (AvgIpc) is 2.84. The average molecular weight is 457 g/mol. The van der Waals surface area contributed by atoms with E-state index in [0.29, 0.717) is 49.2 Å². The van der Waals surface area contributed by atoms with Gasteiger partial charge in [0, 0.05) is 12.0 Å². The van der Waals surface area contributed by atoms with Crippen LogP contribution in [0, 0.1) is 5.41 Å². The van der Waals surface area contributed by atoms with Crippen molar-refractivity contribution in [2.24, 2.45) is 5.41 Å². The number of benzene rings is 1. The van der Waals surface area contributed by atoms with Crippen molar-refractivity contribution in [2.45, 2.75) is 46.5 Å². The highest BCUT2D eigenvalue weighted by Crippen LogP contribution is 2.42. The highest BCUT2D eigenvalue weighted by molar-refractivity contribution is 5.89. The van der Waals surface area contributed by atoms with E-state index in [1.807, 2.05) is 32.1 Å². The molecule has 0 fully saturated rings.